The second-order valence-electron chi connectivity index (χ2n) is 7.18. The molecule has 2 amide bonds. The first kappa shape index (κ1) is 24.6. The third-order valence-electron chi connectivity index (χ3n) is 4.77. The maximum Gasteiger partial charge on any atom is 0.459 e. The Morgan fingerprint density at radius 2 is 1.50 bits per heavy atom. The number of benzene rings is 2. The summed E-state index contributed by atoms with van der Waals surface area (Å²) in [4.78, 5) is 36.7. The lowest BCUT2D eigenvalue weighted by atomic mass is 10.0. The molecule has 0 saturated heterocycles. The van der Waals surface area contributed by atoms with Crippen molar-refractivity contribution in [3.05, 3.63) is 83.7 Å². The summed E-state index contributed by atoms with van der Waals surface area (Å²) in [6.45, 7) is 0. The molecule has 12 heteroatoms. The summed E-state index contributed by atoms with van der Waals surface area (Å²) in [5.41, 5.74) is 3.18. The van der Waals surface area contributed by atoms with Gasteiger partial charge in [-0.15, -0.1) is 0 Å². The highest BCUT2D eigenvalue weighted by atomic mass is 19.4. The maximum absolute atomic E-state index is 14.0. The van der Waals surface area contributed by atoms with Gasteiger partial charge >= 0.3 is 12.1 Å². The van der Waals surface area contributed by atoms with E-state index < -0.39 is 47.1 Å². The molecule has 1 aromatic heterocycles. The Morgan fingerprint density at radius 1 is 0.941 bits per heavy atom. The number of hydrogen-bond donors (Lipinski definition) is 2. The molecule has 3 rings (SSSR count). The predicted molar refractivity (Wildman–Crippen MR) is 109 cm³/mol. The quantitative estimate of drug-likeness (QED) is 0.382. The van der Waals surface area contributed by atoms with Crippen LogP contribution in [0.5, 0.6) is 0 Å². The van der Waals surface area contributed by atoms with Gasteiger partial charge in [-0.05, 0) is 23.8 Å². The van der Waals surface area contributed by atoms with Crippen LogP contribution in [0.2, 0.25) is 0 Å². The maximum atomic E-state index is 14.0. The van der Waals surface area contributed by atoms with Gasteiger partial charge in [0, 0.05) is 6.42 Å². The van der Waals surface area contributed by atoms with Crippen LogP contribution in [0.3, 0.4) is 0 Å². The van der Waals surface area contributed by atoms with Crippen LogP contribution in [0.25, 0.3) is 5.69 Å². The fourth-order valence-corrected chi connectivity index (χ4v) is 3.07. The van der Waals surface area contributed by atoms with Crippen molar-refractivity contribution in [2.45, 2.75) is 24.6 Å². The number of nitrogens with one attached hydrogen (secondary N) is 1. The number of hydrogen-bond acceptors (Lipinski definition) is 4. The number of Topliss-reactive ketones (excluding diaryl/α,β-unsaturated/α-hetero) is 1. The molecule has 0 spiro atoms. The number of halogens is 5. The number of aromatic nitrogens is 2. The minimum absolute atomic E-state index is 0.0118. The van der Waals surface area contributed by atoms with Gasteiger partial charge in [-0.3, -0.25) is 14.4 Å². The number of para-hydroxylation sites is 1. The van der Waals surface area contributed by atoms with Gasteiger partial charge in [-0.1, -0.05) is 48.5 Å². The van der Waals surface area contributed by atoms with Crippen LogP contribution in [0.1, 0.15) is 21.7 Å². The normalized spacial score (nSPS) is 12.7. The Morgan fingerprint density at radius 3 is 2.03 bits per heavy atom. The summed E-state index contributed by atoms with van der Waals surface area (Å²) < 4.78 is 67.3. The largest absolute Gasteiger partial charge is 0.459 e. The molecule has 0 fully saturated rings. The van der Waals surface area contributed by atoms with Gasteiger partial charge in [-0.2, -0.15) is 27.1 Å². The van der Waals surface area contributed by atoms with Crippen molar-refractivity contribution < 1.29 is 36.3 Å². The Balaban J connectivity index is 2.03. The zero-order chi connectivity index (χ0) is 25.1. The molecular weight excluding hydrogens is 463 g/mol. The third kappa shape index (κ3) is 5.11. The van der Waals surface area contributed by atoms with Gasteiger partial charge in [0.25, 0.3) is 11.8 Å². The van der Waals surface area contributed by atoms with Crippen LogP contribution >= 0.6 is 0 Å². The van der Waals surface area contributed by atoms with Crippen molar-refractivity contribution in [1.29, 1.82) is 0 Å². The van der Waals surface area contributed by atoms with Crippen LogP contribution in [-0.4, -0.2) is 39.6 Å². The van der Waals surface area contributed by atoms with E-state index in [-0.39, 0.29) is 18.2 Å². The zero-order valence-corrected chi connectivity index (χ0v) is 17.2. The first-order chi connectivity index (χ1) is 15.9. The molecule has 2 aromatic carbocycles. The number of carbonyl (C=O) groups is 3. The van der Waals surface area contributed by atoms with Gasteiger partial charge in [0.1, 0.15) is 17.4 Å². The van der Waals surface area contributed by atoms with E-state index in [0.717, 1.165) is 0 Å². The van der Waals surface area contributed by atoms with Crippen molar-refractivity contribution >= 4 is 17.6 Å². The minimum atomic E-state index is -5.96. The van der Waals surface area contributed by atoms with Gasteiger partial charge in [0.15, 0.2) is 0 Å². The van der Waals surface area contributed by atoms with Gasteiger partial charge in [0.2, 0.25) is 5.78 Å². The number of primary amides is 1. The van der Waals surface area contributed by atoms with E-state index in [9.17, 15) is 36.3 Å². The zero-order valence-electron chi connectivity index (χ0n) is 17.2. The van der Waals surface area contributed by atoms with E-state index in [2.05, 4.69) is 10.4 Å². The molecule has 0 saturated carbocycles. The number of ketones is 1. The Hall–Kier alpha value is -4.09. The minimum Gasteiger partial charge on any atom is -0.363 e. The lowest BCUT2D eigenvalue weighted by Crippen LogP contribution is -2.47. The Kier molecular flexibility index (Phi) is 6.80. The molecule has 0 aliphatic heterocycles. The average Bonchev–Trinajstić information content (AvgIpc) is 3.25. The Labute approximate surface area is 189 Å². The number of alkyl halides is 5. The number of nitrogens with zero attached hydrogens (tertiary/aromatic N) is 2. The number of nitrogens with two attached hydrogens (primary N) is 1. The van der Waals surface area contributed by atoms with E-state index in [1.54, 1.807) is 36.4 Å². The number of amides is 2. The van der Waals surface area contributed by atoms with Crippen LogP contribution < -0.4 is 11.1 Å². The SMILES string of the molecule is NC(=O)C(=O)C(Cc1ccccc1)NC(=O)c1cc(C(F)(F)C(F)(F)F)nn1-c1ccccc1. The summed E-state index contributed by atoms with van der Waals surface area (Å²) in [5.74, 6) is -9.10. The van der Waals surface area contributed by atoms with Crippen LogP contribution in [0.4, 0.5) is 22.0 Å². The lowest BCUT2D eigenvalue weighted by Gasteiger charge is -2.17. The second kappa shape index (κ2) is 9.41. The first-order valence-electron chi connectivity index (χ1n) is 9.70. The summed E-state index contributed by atoms with van der Waals surface area (Å²) in [5, 5.41) is 5.52. The molecule has 3 aromatic rings. The van der Waals surface area contributed by atoms with Crippen LogP contribution in [-0.2, 0) is 21.9 Å². The number of carbonyl (C=O) groups excluding carboxylic acids is 3. The van der Waals surface area contributed by atoms with Crippen molar-refractivity contribution in [3.8, 4) is 5.69 Å². The van der Waals surface area contributed by atoms with Crippen molar-refractivity contribution in [2.75, 3.05) is 0 Å². The molecule has 0 bridgehead atoms. The predicted octanol–water partition coefficient (Wildman–Crippen LogP) is 2.92. The van der Waals surface area contributed by atoms with Crippen molar-refractivity contribution in [2.24, 2.45) is 5.73 Å². The molecule has 1 unspecified atom stereocenters. The summed E-state index contributed by atoms with van der Waals surface area (Å²) >= 11 is 0. The molecule has 7 nitrogen and oxygen atoms in total. The molecular formula is C22H17F5N4O3. The molecule has 1 atom stereocenters. The van der Waals surface area contributed by atoms with Gasteiger partial charge < -0.3 is 11.1 Å². The molecule has 34 heavy (non-hydrogen) atoms. The van der Waals surface area contributed by atoms with E-state index in [1.807, 2.05) is 0 Å². The molecule has 3 N–H and O–H groups in total. The smallest absolute Gasteiger partial charge is 0.363 e. The fourth-order valence-electron chi connectivity index (χ4n) is 3.07. The molecule has 1 heterocycles. The summed E-state index contributed by atoms with van der Waals surface area (Å²) in [7, 11) is 0. The van der Waals surface area contributed by atoms with E-state index in [0.29, 0.717) is 10.2 Å². The molecule has 0 aliphatic carbocycles. The fraction of sp³-hybridized carbons (Fsp3) is 0.182. The highest BCUT2D eigenvalue weighted by molar-refractivity contribution is 6.38. The van der Waals surface area contributed by atoms with Crippen molar-refractivity contribution in [1.82, 2.24) is 15.1 Å². The summed E-state index contributed by atoms with van der Waals surface area (Å²) in [6.07, 6.45) is -6.15. The van der Waals surface area contributed by atoms with Crippen LogP contribution in [0.15, 0.2) is 66.7 Å². The monoisotopic (exact) mass is 480 g/mol. The van der Waals surface area contributed by atoms with E-state index >= 15 is 0 Å². The second-order valence-corrected chi connectivity index (χ2v) is 7.18. The topological polar surface area (TPSA) is 107 Å². The standard InChI is InChI=1S/C22H17F5N4O3/c23-21(24,22(25,26)27)17-12-16(31(30-17)14-9-5-2-6-10-14)20(34)29-15(18(32)19(28)33)11-13-7-3-1-4-8-13/h1-10,12,15H,11H2,(H2,28,33)(H,29,34). The Bertz CT molecular complexity index is 1190. The highest BCUT2D eigenvalue weighted by Crippen LogP contribution is 2.43. The summed E-state index contributed by atoms with van der Waals surface area (Å²) in [6, 6.07) is 14.1. The van der Waals surface area contributed by atoms with E-state index in [1.165, 1.54) is 24.3 Å². The average molecular weight is 480 g/mol. The highest BCUT2D eigenvalue weighted by Gasteiger charge is 2.60. The third-order valence-corrected chi connectivity index (χ3v) is 4.77. The first-order valence-corrected chi connectivity index (χ1v) is 9.70. The molecule has 0 radical (unpaired) electrons. The van der Waals surface area contributed by atoms with Crippen LogP contribution in [0, 0.1) is 0 Å². The molecule has 0 aliphatic rings. The van der Waals surface area contributed by atoms with Crippen molar-refractivity contribution in [3.63, 3.8) is 0 Å². The lowest BCUT2D eigenvalue weighted by molar-refractivity contribution is -0.291. The van der Waals surface area contributed by atoms with Gasteiger partial charge in [0.05, 0.1) is 5.69 Å². The van der Waals surface area contributed by atoms with E-state index in [4.69, 9.17) is 5.73 Å². The molecule has 178 valence electrons. The van der Waals surface area contributed by atoms with Gasteiger partial charge in [-0.25, -0.2) is 4.68 Å². The number of rotatable bonds is 8.